The Hall–Kier alpha value is -1.24. The van der Waals surface area contributed by atoms with Crippen molar-refractivity contribution in [1.82, 2.24) is 0 Å². The Labute approximate surface area is 103 Å². The van der Waals surface area contributed by atoms with Gasteiger partial charge in [-0.15, -0.1) is 0 Å². The molecule has 1 fully saturated rings. The largest absolute Gasteiger partial charge is 0.311 e. The number of rotatable bonds is 1. The van der Waals surface area contributed by atoms with Crippen molar-refractivity contribution in [2.24, 2.45) is 5.92 Å². The molecule has 0 aliphatic carbocycles. The molecule has 1 saturated heterocycles. The highest BCUT2D eigenvalue weighted by molar-refractivity contribution is 6.42. The van der Waals surface area contributed by atoms with Crippen LogP contribution in [0.5, 0.6) is 0 Å². The van der Waals surface area contributed by atoms with Crippen LogP contribution < -0.4 is 4.90 Å². The molecule has 0 spiro atoms. The summed E-state index contributed by atoms with van der Waals surface area (Å²) in [7, 11) is 0. The molecule has 1 aromatic carbocycles. The van der Waals surface area contributed by atoms with E-state index in [4.69, 9.17) is 28.5 Å². The quantitative estimate of drug-likeness (QED) is 0.774. The first-order valence-corrected chi connectivity index (χ1v) is 5.52. The number of halogens is 2. The highest BCUT2D eigenvalue weighted by Gasteiger charge is 2.30. The summed E-state index contributed by atoms with van der Waals surface area (Å²) in [6.45, 7) is 0.424. The van der Waals surface area contributed by atoms with Crippen molar-refractivity contribution in [1.29, 1.82) is 5.26 Å². The van der Waals surface area contributed by atoms with Gasteiger partial charge in [-0.3, -0.25) is 4.79 Å². The lowest BCUT2D eigenvalue weighted by Crippen LogP contribution is -2.24. The fourth-order valence-corrected chi connectivity index (χ4v) is 1.99. The average Bonchev–Trinajstić information content (AvgIpc) is 2.64. The topological polar surface area (TPSA) is 44.1 Å². The Bertz CT molecular complexity index is 481. The van der Waals surface area contributed by atoms with Crippen molar-refractivity contribution in [2.75, 3.05) is 11.4 Å². The normalized spacial score (nSPS) is 19.9. The maximum atomic E-state index is 11.6. The first kappa shape index (κ1) is 11.3. The Morgan fingerprint density at radius 2 is 2.12 bits per heavy atom. The van der Waals surface area contributed by atoms with Gasteiger partial charge in [0.2, 0.25) is 5.91 Å². The lowest BCUT2D eigenvalue weighted by molar-refractivity contribution is -0.117. The van der Waals surface area contributed by atoms with Crippen molar-refractivity contribution in [3.8, 4) is 6.07 Å². The van der Waals surface area contributed by atoms with Crippen LogP contribution in [0.25, 0.3) is 0 Å². The van der Waals surface area contributed by atoms with E-state index in [9.17, 15) is 4.79 Å². The van der Waals surface area contributed by atoms with Crippen LogP contribution in [-0.4, -0.2) is 12.5 Å². The summed E-state index contributed by atoms with van der Waals surface area (Å²) < 4.78 is 0. The number of benzene rings is 1. The van der Waals surface area contributed by atoms with Crippen LogP contribution in [0.1, 0.15) is 6.42 Å². The van der Waals surface area contributed by atoms with Gasteiger partial charge in [0.25, 0.3) is 0 Å². The SMILES string of the molecule is N#CC1CC(=O)N(c2ccc(Cl)c(Cl)c2)C1. The third-order valence-corrected chi connectivity index (χ3v) is 3.26. The predicted molar refractivity (Wildman–Crippen MR) is 62.5 cm³/mol. The van der Waals surface area contributed by atoms with Crippen LogP contribution in [-0.2, 0) is 4.79 Å². The molecule has 1 atom stereocenters. The molecule has 1 aliphatic rings. The maximum Gasteiger partial charge on any atom is 0.228 e. The van der Waals surface area contributed by atoms with E-state index in [1.54, 1.807) is 23.1 Å². The molecule has 1 aliphatic heterocycles. The van der Waals surface area contributed by atoms with Crippen LogP contribution in [0, 0.1) is 17.2 Å². The van der Waals surface area contributed by atoms with Crippen LogP contribution in [0.3, 0.4) is 0 Å². The standard InChI is InChI=1S/C11H8Cl2N2O/c12-9-2-1-8(4-10(9)13)15-6-7(5-14)3-11(15)16/h1-2,4,7H,3,6H2. The summed E-state index contributed by atoms with van der Waals surface area (Å²) in [5, 5.41) is 9.63. The summed E-state index contributed by atoms with van der Waals surface area (Å²) in [5.74, 6) is -0.285. The van der Waals surface area contributed by atoms with Gasteiger partial charge < -0.3 is 4.90 Å². The zero-order chi connectivity index (χ0) is 11.7. The van der Waals surface area contributed by atoms with Crippen LogP contribution in [0.4, 0.5) is 5.69 Å². The summed E-state index contributed by atoms with van der Waals surface area (Å²) in [4.78, 5) is 13.2. The summed E-state index contributed by atoms with van der Waals surface area (Å²) in [5.41, 5.74) is 0.692. The monoisotopic (exact) mass is 254 g/mol. The maximum absolute atomic E-state index is 11.6. The third kappa shape index (κ3) is 1.99. The van der Waals surface area contributed by atoms with Crippen LogP contribution in [0.2, 0.25) is 10.0 Å². The Balaban J connectivity index is 2.29. The Morgan fingerprint density at radius 1 is 1.38 bits per heavy atom. The second kappa shape index (κ2) is 4.32. The molecule has 0 saturated carbocycles. The number of amides is 1. The van der Waals surface area contributed by atoms with Gasteiger partial charge in [0.05, 0.1) is 22.0 Å². The van der Waals surface area contributed by atoms with Gasteiger partial charge in [0, 0.05) is 18.7 Å². The van der Waals surface area contributed by atoms with E-state index in [-0.39, 0.29) is 18.2 Å². The number of hydrogen-bond acceptors (Lipinski definition) is 2. The van der Waals surface area contributed by atoms with Crippen molar-refractivity contribution in [3.05, 3.63) is 28.2 Å². The number of carbonyl (C=O) groups excluding carboxylic acids is 1. The van der Waals surface area contributed by atoms with Gasteiger partial charge in [-0.2, -0.15) is 5.26 Å². The molecular weight excluding hydrogens is 247 g/mol. The highest BCUT2D eigenvalue weighted by Crippen LogP contribution is 2.30. The highest BCUT2D eigenvalue weighted by atomic mass is 35.5. The van der Waals surface area contributed by atoms with E-state index in [1.807, 2.05) is 0 Å². The van der Waals surface area contributed by atoms with Crippen molar-refractivity contribution < 1.29 is 4.79 Å². The molecule has 5 heteroatoms. The van der Waals surface area contributed by atoms with Gasteiger partial charge in [-0.1, -0.05) is 23.2 Å². The number of hydrogen-bond donors (Lipinski definition) is 0. The number of nitriles is 1. The van der Waals surface area contributed by atoms with Gasteiger partial charge in [-0.05, 0) is 18.2 Å². The van der Waals surface area contributed by atoms with Crippen LogP contribution >= 0.6 is 23.2 Å². The lowest BCUT2D eigenvalue weighted by Gasteiger charge is -2.16. The van der Waals surface area contributed by atoms with E-state index in [1.165, 1.54) is 0 Å². The fraction of sp³-hybridized carbons (Fsp3) is 0.273. The Morgan fingerprint density at radius 3 is 2.69 bits per heavy atom. The van der Waals surface area contributed by atoms with E-state index in [2.05, 4.69) is 6.07 Å². The Kier molecular flexibility index (Phi) is 3.04. The first-order valence-electron chi connectivity index (χ1n) is 4.77. The van der Waals surface area contributed by atoms with Gasteiger partial charge in [-0.25, -0.2) is 0 Å². The molecular formula is C11H8Cl2N2O. The average molecular weight is 255 g/mol. The van der Waals surface area contributed by atoms with Crippen molar-refractivity contribution in [2.45, 2.75) is 6.42 Å². The molecule has 0 radical (unpaired) electrons. The summed E-state index contributed by atoms with van der Waals surface area (Å²) >= 11 is 11.7. The van der Waals surface area contributed by atoms with E-state index >= 15 is 0 Å². The molecule has 0 bridgehead atoms. The molecule has 82 valence electrons. The minimum absolute atomic E-state index is 0.0510. The minimum Gasteiger partial charge on any atom is -0.311 e. The van der Waals surface area contributed by atoms with E-state index in [0.717, 1.165) is 0 Å². The molecule has 1 amide bonds. The number of anilines is 1. The molecule has 1 unspecified atom stereocenters. The molecule has 1 aromatic rings. The molecule has 3 nitrogen and oxygen atoms in total. The minimum atomic E-state index is -0.234. The lowest BCUT2D eigenvalue weighted by atomic mass is 10.1. The third-order valence-electron chi connectivity index (χ3n) is 2.52. The van der Waals surface area contributed by atoms with Crippen molar-refractivity contribution >= 4 is 34.8 Å². The van der Waals surface area contributed by atoms with E-state index in [0.29, 0.717) is 22.3 Å². The molecule has 1 heterocycles. The summed E-state index contributed by atoms with van der Waals surface area (Å²) in [6.07, 6.45) is 0.275. The fourth-order valence-electron chi connectivity index (χ4n) is 1.70. The zero-order valence-corrected chi connectivity index (χ0v) is 9.79. The molecule has 2 rings (SSSR count). The van der Waals surface area contributed by atoms with Gasteiger partial charge in [0.1, 0.15) is 0 Å². The van der Waals surface area contributed by atoms with Gasteiger partial charge >= 0.3 is 0 Å². The number of carbonyl (C=O) groups is 1. The van der Waals surface area contributed by atoms with E-state index < -0.39 is 0 Å². The van der Waals surface area contributed by atoms with Crippen LogP contribution in [0.15, 0.2) is 18.2 Å². The second-order valence-corrected chi connectivity index (χ2v) is 4.45. The second-order valence-electron chi connectivity index (χ2n) is 3.63. The molecule has 0 aromatic heterocycles. The zero-order valence-electron chi connectivity index (χ0n) is 8.28. The van der Waals surface area contributed by atoms with Crippen molar-refractivity contribution in [3.63, 3.8) is 0 Å². The van der Waals surface area contributed by atoms with Gasteiger partial charge in [0.15, 0.2) is 0 Å². The molecule has 0 N–H and O–H groups in total. The molecule has 16 heavy (non-hydrogen) atoms. The number of nitrogens with zero attached hydrogens (tertiary/aromatic N) is 2. The summed E-state index contributed by atoms with van der Waals surface area (Å²) in [6, 6.07) is 7.11. The first-order chi connectivity index (χ1) is 7.61. The smallest absolute Gasteiger partial charge is 0.228 e. The predicted octanol–water partition coefficient (Wildman–Crippen LogP) is 2.87.